The van der Waals surface area contributed by atoms with Gasteiger partial charge in [-0.2, -0.15) is 23.4 Å². The second-order valence-electron chi connectivity index (χ2n) is 7.56. The van der Waals surface area contributed by atoms with Crippen LogP contribution in [0, 0.1) is 13.8 Å². The van der Waals surface area contributed by atoms with Gasteiger partial charge in [-0.15, -0.1) is 0 Å². The van der Waals surface area contributed by atoms with Crippen molar-refractivity contribution in [2.75, 3.05) is 5.32 Å². The quantitative estimate of drug-likeness (QED) is 0.347. The fourth-order valence-corrected chi connectivity index (χ4v) is 4.17. The summed E-state index contributed by atoms with van der Waals surface area (Å²) >= 11 is 18.3. The first kappa shape index (κ1) is 24.3. The van der Waals surface area contributed by atoms with Crippen LogP contribution in [0.5, 0.6) is 0 Å². The van der Waals surface area contributed by atoms with E-state index in [9.17, 15) is 18.0 Å². The third-order valence-corrected chi connectivity index (χ3v) is 5.79. The minimum absolute atomic E-state index is 0.0334. The van der Waals surface area contributed by atoms with Crippen molar-refractivity contribution in [3.8, 4) is 0 Å². The van der Waals surface area contributed by atoms with E-state index in [1.54, 1.807) is 18.2 Å². The zero-order chi connectivity index (χ0) is 24.8. The fourth-order valence-electron chi connectivity index (χ4n) is 3.51. The van der Waals surface area contributed by atoms with Crippen LogP contribution in [0.4, 0.5) is 19.0 Å². The van der Waals surface area contributed by atoms with Crippen LogP contribution in [0.2, 0.25) is 15.1 Å². The number of fused-ring (bicyclic) bond motifs is 1. The summed E-state index contributed by atoms with van der Waals surface area (Å²) in [5, 5.41) is 11.9. The zero-order valence-electron chi connectivity index (χ0n) is 17.7. The Morgan fingerprint density at radius 2 is 1.82 bits per heavy atom. The Hall–Kier alpha value is -2.82. The van der Waals surface area contributed by atoms with Crippen molar-refractivity contribution in [2.24, 2.45) is 0 Å². The molecule has 3 heterocycles. The number of nitrogens with one attached hydrogen (secondary N) is 1. The Bertz CT molecular complexity index is 1410. The predicted octanol–water partition coefficient (Wildman–Crippen LogP) is 5.91. The van der Waals surface area contributed by atoms with Gasteiger partial charge >= 0.3 is 6.18 Å². The number of benzene rings is 1. The molecule has 0 unspecified atom stereocenters. The number of anilines is 1. The van der Waals surface area contributed by atoms with Gasteiger partial charge in [-0.1, -0.05) is 40.9 Å². The second kappa shape index (κ2) is 9.09. The highest BCUT2D eigenvalue weighted by molar-refractivity contribution is 6.35. The number of pyridine rings is 1. The van der Waals surface area contributed by atoms with Gasteiger partial charge in [0, 0.05) is 21.9 Å². The molecule has 3 aromatic heterocycles. The molecular formula is C21H16Cl3F3N6O. The van der Waals surface area contributed by atoms with Crippen LogP contribution >= 0.6 is 34.8 Å². The number of aromatic nitrogens is 5. The Kier molecular flexibility index (Phi) is 6.50. The lowest BCUT2D eigenvalue weighted by molar-refractivity contribution is -0.136. The van der Waals surface area contributed by atoms with Crippen molar-refractivity contribution in [3.05, 3.63) is 68.0 Å². The maximum atomic E-state index is 13.5. The van der Waals surface area contributed by atoms with Gasteiger partial charge in [-0.3, -0.25) is 9.48 Å². The maximum Gasteiger partial charge on any atom is 0.417 e. The molecule has 178 valence electrons. The van der Waals surface area contributed by atoms with Gasteiger partial charge in [0.05, 0.1) is 23.2 Å². The number of halogens is 6. The van der Waals surface area contributed by atoms with Gasteiger partial charge in [0.15, 0.2) is 11.5 Å². The van der Waals surface area contributed by atoms with Crippen molar-refractivity contribution >= 4 is 57.6 Å². The van der Waals surface area contributed by atoms with Gasteiger partial charge < -0.3 is 5.32 Å². The fraction of sp³-hybridized carbons (Fsp3) is 0.238. The number of aryl methyl sites for hydroxylation is 2. The highest BCUT2D eigenvalue weighted by Gasteiger charge is 2.35. The average Bonchev–Trinajstić information content (AvgIpc) is 3.21. The van der Waals surface area contributed by atoms with Crippen LogP contribution in [-0.4, -0.2) is 30.5 Å². The number of hydrogen-bond acceptors (Lipinski definition) is 4. The first-order valence-corrected chi connectivity index (χ1v) is 10.9. The molecule has 4 aromatic rings. The van der Waals surface area contributed by atoms with Crippen molar-refractivity contribution in [2.45, 2.75) is 33.1 Å². The van der Waals surface area contributed by atoms with E-state index in [0.29, 0.717) is 10.0 Å². The van der Waals surface area contributed by atoms with Crippen molar-refractivity contribution in [1.29, 1.82) is 0 Å². The van der Waals surface area contributed by atoms with E-state index < -0.39 is 17.6 Å². The molecule has 1 amide bonds. The van der Waals surface area contributed by atoms with Crippen LogP contribution in [0.3, 0.4) is 0 Å². The molecule has 0 saturated carbocycles. The number of amides is 1. The van der Waals surface area contributed by atoms with Crippen molar-refractivity contribution in [1.82, 2.24) is 24.5 Å². The van der Waals surface area contributed by atoms with Crippen LogP contribution < -0.4 is 5.32 Å². The van der Waals surface area contributed by atoms with Gasteiger partial charge in [-0.05, 0) is 37.6 Å². The minimum Gasteiger partial charge on any atom is -0.306 e. The van der Waals surface area contributed by atoms with E-state index in [4.69, 9.17) is 34.8 Å². The van der Waals surface area contributed by atoms with Gasteiger partial charge in [0.1, 0.15) is 11.6 Å². The summed E-state index contributed by atoms with van der Waals surface area (Å²) in [6, 6.07) is 5.99. The zero-order valence-corrected chi connectivity index (χ0v) is 20.0. The number of rotatable bonds is 5. The molecule has 0 radical (unpaired) electrons. The smallest absolute Gasteiger partial charge is 0.306 e. The second-order valence-corrected chi connectivity index (χ2v) is 8.81. The lowest BCUT2D eigenvalue weighted by atomic mass is 10.1. The SMILES string of the molecule is Cc1cc(C(F)(F)F)c2c(C)nn(CC(=O)Nc3nn(Cc4ccc(Cl)cc4Cl)cc3Cl)c2n1. The van der Waals surface area contributed by atoms with E-state index in [-0.39, 0.29) is 46.4 Å². The summed E-state index contributed by atoms with van der Waals surface area (Å²) < 4.78 is 43.1. The standard InChI is InChI=1S/C21H16Cl3F3N6O/c1-10-5-14(21(25,26)27)18-11(2)30-33(20(18)28-10)9-17(34)29-19-16(24)8-32(31-19)7-12-3-4-13(22)6-15(12)23/h3-6,8H,7,9H2,1-2H3,(H,29,31,34). The number of carbonyl (C=O) groups excluding carboxylic acids is 1. The number of nitrogens with zero attached hydrogens (tertiary/aromatic N) is 5. The molecule has 0 aliphatic heterocycles. The molecular weight excluding hydrogens is 516 g/mol. The van der Waals surface area contributed by atoms with Gasteiger partial charge in [-0.25, -0.2) is 9.67 Å². The number of alkyl halides is 3. The summed E-state index contributed by atoms with van der Waals surface area (Å²) in [4.78, 5) is 16.8. The van der Waals surface area contributed by atoms with E-state index >= 15 is 0 Å². The molecule has 1 aromatic carbocycles. The molecule has 0 aliphatic rings. The molecule has 0 atom stereocenters. The van der Waals surface area contributed by atoms with Crippen LogP contribution in [0.25, 0.3) is 11.0 Å². The first-order chi connectivity index (χ1) is 15.9. The molecule has 0 fully saturated rings. The number of hydrogen-bond donors (Lipinski definition) is 1. The largest absolute Gasteiger partial charge is 0.417 e. The molecule has 34 heavy (non-hydrogen) atoms. The Morgan fingerprint density at radius 3 is 2.50 bits per heavy atom. The van der Waals surface area contributed by atoms with Crippen molar-refractivity contribution in [3.63, 3.8) is 0 Å². The summed E-state index contributed by atoms with van der Waals surface area (Å²) in [6.07, 6.45) is -3.07. The molecule has 7 nitrogen and oxygen atoms in total. The molecule has 4 rings (SSSR count). The molecule has 0 aliphatic carbocycles. The monoisotopic (exact) mass is 530 g/mol. The lowest BCUT2D eigenvalue weighted by Crippen LogP contribution is -2.20. The molecule has 0 saturated heterocycles. The summed E-state index contributed by atoms with van der Waals surface area (Å²) in [5.74, 6) is -0.497. The van der Waals surface area contributed by atoms with E-state index in [1.165, 1.54) is 24.7 Å². The summed E-state index contributed by atoms with van der Waals surface area (Å²) in [6.45, 7) is 2.77. The van der Waals surface area contributed by atoms with E-state index in [2.05, 4.69) is 20.5 Å². The van der Waals surface area contributed by atoms with Gasteiger partial charge in [0.25, 0.3) is 0 Å². The highest BCUT2D eigenvalue weighted by Crippen LogP contribution is 2.36. The number of carbonyl (C=O) groups is 1. The van der Waals surface area contributed by atoms with E-state index in [0.717, 1.165) is 16.3 Å². The van der Waals surface area contributed by atoms with Crippen LogP contribution in [0.15, 0.2) is 30.5 Å². The summed E-state index contributed by atoms with van der Waals surface area (Å²) in [7, 11) is 0. The summed E-state index contributed by atoms with van der Waals surface area (Å²) in [5.41, 5.74) is 0.133. The van der Waals surface area contributed by atoms with Crippen LogP contribution in [-0.2, 0) is 24.1 Å². The first-order valence-electron chi connectivity index (χ1n) is 9.81. The normalized spacial score (nSPS) is 11.9. The molecule has 13 heteroatoms. The molecule has 0 bridgehead atoms. The van der Waals surface area contributed by atoms with E-state index in [1.807, 2.05) is 0 Å². The minimum atomic E-state index is -4.58. The predicted molar refractivity (Wildman–Crippen MR) is 123 cm³/mol. The maximum absolute atomic E-state index is 13.5. The molecule has 0 spiro atoms. The van der Waals surface area contributed by atoms with Crippen molar-refractivity contribution < 1.29 is 18.0 Å². The van der Waals surface area contributed by atoms with Crippen LogP contribution in [0.1, 0.15) is 22.5 Å². The lowest BCUT2D eigenvalue weighted by Gasteiger charge is -2.10. The third kappa shape index (κ3) is 4.98. The topological polar surface area (TPSA) is 77.6 Å². The Morgan fingerprint density at radius 1 is 1.09 bits per heavy atom. The Labute approximate surface area is 206 Å². The Balaban J connectivity index is 1.55. The average molecular weight is 532 g/mol. The third-order valence-electron chi connectivity index (χ3n) is 4.93. The molecule has 1 N–H and O–H groups in total. The highest BCUT2D eigenvalue weighted by atomic mass is 35.5. The van der Waals surface area contributed by atoms with Gasteiger partial charge in [0.2, 0.25) is 5.91 Å².